The van der Waals surface area contributed by atoms with Crippen molar-refractivity contribution in [2.75, 3.05) is 23.5 Å². The summed E-state index contributed by atoms with van der Waals surface area (Å²) in [4.78, 5) is 36.6. The lowest BCUT2D eigenvalue weighted by Crippen LogP contribution is -2.18. The van der Waals surface area contributed by atoms with Crippen LogP contribution in [0.2, 0.25) is 0 Å². The minimum atomic E-state index is -0.718. The van der Waals surface area contributed by atoms with Gasteiger partial charge in [0.2, 0.25) is 11.1 Å². The van der Waals surface area contributed by atoms with E-state index in [1.165, 1.54) is 18.2 Å². The van der Waals surface area contributed by atoms with E-state index in [2.05, 4.69) is 15.5 Å². The summed E-state index contributed by atoms with van der Waals surface area (Å²) in [6.45, 7) is 3.32. The summed E-state index contributed by atoms with van der Waals surface area (Å²) in [5.74, 6) is 3.53. The molecule has 2 heterocycles. The lowest BCUT2D eigenvalue weighted by Gasteiger charge is -2.07. The molecule has 5 N–H and O–H groups in total. The quantitative estimate of drug-likeness (QED) is 0.253. The number of nitrogen functional groups attached to an aromatic ring is 1. The molecule has 168 valence electrons. The fourth-order valence-electron chi connectivity index (χ4n) is 2.78. The summed E-state index contributed by atoms with van der Waals surface area (Å²) in [5.41, 5.74) is 5.94. The number of hydrogen-bond donors (Lipinski definition) is 3. The first-order chi connectivity index (χ1) is 15.2. The number of nitrogens with zero attached hydrogens (tertiary/aromatic N) is 3. The van der Waals surface area contributed by atoms with Gasteiger partial charge in [-0.3, -0.25) is 9.59 Å². The Bertz CT molecular complexity index is 1190. The van der Waals surface area contributed by atoms with E-state index in [0.717, 1.165) is 27.8 Å². The number of thiophene rings is 1. The molecule has 13 heteroatoms. The summed E-state index contributed by atoms with van der Waals surface area (Å²) >= 11 is 1.85. The van der Waals surface area contributed by atoms with E-state index in [4.69, 9.17) is 16.3 Å². The molecule has 0 aliphatic heterocycles. The number of amides is 2. The minimum Gasteiger partial charge on any atom is -0.462 e. The molecular weight excluding hydrogens is 459 g/mol. The third-order valence-electron chi connectivity index (χ3n) is 4.21. The topological polar surface area (TPSA) is 155 Å². The number of thioether (sulfide) groups is 1. The SMILES string of the molecule is CCOC(=O)c1c(NC(=O)CSc2nnc(-c3ccccc3F)n2N)sc(C(N)=O)c1C. The highest BCUT2D eigenvalue weighted by molar-refractivity contribution is 7.99. The highest BCUT2D eigenvalue weighted by atomic mass is 32.2. The molecule has 32 heavy (non-hydrogen) atoms. The average molecular weight is 479 g/mol. The van der Waals surface area contributed by atoms with Crippen molar-refractivity contribution >= 4 is 45.9 Å². The number of rotatable bonds is 8. The van der Waals surface area contributed by atoms with Gasteiger partial charge in [-0.1, -0.05) is 23.9 Å². The number of carbonyl (C=O) groups excluding carboxylic acids is 3. The number of nitrogens with one attached hydrogen (secondary N) is 1. The van der Waals surface area contributed by atoms with Gasteiger partial charge in [0.05, 0.1) is 28.4 Å². The number of esters is 1. The Morgan fingerprint density at radius 3 is 2.66 bits per heavy atom. The molecule has 0 saturated heterocycles. The summed E-state index contributed by atoms with van der Waals surface area (Å²) in [7, 11) is 0. The predicted molar refractivity (Wildman–Crippen MR) is 118 cm³/mol. The second kappa shape index (κ2) is 9.78. The number of aromatic nitrogens is 3. The number of benzene rings is 1. The number of halogens is 1. The second-order valence-electron chi connectivity index (χ2n) is 6.34. The molecule has 10 nitrogen and oxygen atoms in total. The zero-order valence-electron chi connectivity index (χ0n) is 17.0. The summed E-state index contributed by atoms with van der Waals surface area (Å²) < 4.78 is 20.1. The van der Waals surface area contributed by atoms with E-state index < -0.39 is 23.6 Å². The van der Waals surface area contributed by atoms with Crippen LogP contribution in [0.25, 0.3) is 11.4 Å². The Morgan fingerprint density at radius 1 is 1.28 bits per heavy atom. The maximum atomic E-state index is 14.0. The van der Waals surface area contributed by atoms with Crippen LogP contribution < -0.4 is 16.9 Å². The Balaban J connectivity index is 1.75. The highest BCUT2D eigenvalue weighted by Crippen LogP contribution is 2.34. The van der Waals surface area contributed by atoms with Crippen molar-refractivity contribution in [3.05, 3.63) is 46.1 Å². The normalized spacial score (nSPS) is 10.7. The van der Waals surface area contributed by atoms with Crippen LogP contribution in [-0.4, -0.2) is 45.0 Å². The van der Waals surface area contributed by atoms with E-state index in [9.17, 15) is 18.8 Å². The zero-order valence-corrected chi connectivity index (χ0v) is 18.7. The third kappa shape index (κ3) is 4.73. The molecule has 0 bridgehead atoms. The zero-order chi connectivity index (χ0) is 23.4. The van der Waals surface area contributed by atoms with Crippen LogP contribution in [0.1, 0.15) is 32.5 Å². The van der Waals surface area contributed by atoms with Gasteiger partial charge in [0.1, 0.15) is 10.8 Å². The number of nitrogens with two attached hydrogens (primary N) is 2. The van der Waals surface area contributed by atoms with E-state index in [1.807, 2.05) is 0 Å². The van der Waals surface area contributed by atoms with Crippen LogP contribution in [-0.2, 0) is 9.53 Å². The van der Waals surface area contributed by atoms with Crippen molar-refractivity contribution in [2.24, 2.45) is 5.73 Å². The molecule has 3 aromatic rings. The Labute approximate surface area is 190 Å². The lowest BCUT2D eigenvalue weighted by atomic mass is 10.1. The number of hydrogen-bond acceptors (Lipinski definition) is 9. The van der Waals surface area contributed by atoms with Crippen LogP contribution in [0.5, 0.6) is 0 Å². The summed E-state index contributed by atoms with van der Waals surface area (Å²) in [5, 5.41) is 10.7. The minimum absolute atomic E-state index is 0.0767. The van der Waals surface area contributed by atoms with E-state index in [0.29, 0.717) is 5.56 Å². The molecule has 2 amide bonds. The predicted octanol–water partition coefficient (Wildman–Crippen LogP) is 2.17. The van der Waals surface area contributed by atoms with Gasteiger partial charge in [0, 0.05) is 0 Å². The van der Waals surface area contributed by atoms with Crippen molar-refractivity contribution in [3.63, 3.8) is 0 Å². The Morgan fingerprint density at radius 2 is 2.00 bits per heavy atom. The van der Waals surface area contributed by atoms with E-state index in [1.54, 1.807) is 19.9 Å². The molecule has 0 aliphatic rings. The van der Waals surface area contributed by atoms with Crippen LogP contribution in [0.4, 0.5) is 9.39 Å². The number of ether oxygens (including phenoxy) is 1. The van der Waals surface area contributed by atoms with Crippen molar-refractivity contribution in [3.8, 4) is 11.4 Å². The van der Waals surface area contributed by atoms with Gasteiger partial charge in [-0.15, -0.1) is 21.5 Å². The van der Waals surface area contributed by atoms with Crippen molar-refractivity contribution in [1.82, 2.24) is 14.9 Å². The smallest absolute Gasteiger partial charge is 0.341 e. The molecular formula is C19H19FN6O4S2. The monoisotopic (exact) mass is 478 g/mol. The number of primary amides is 1. The van der Waals surface area contributed by atoms with Gasteiger partial charge in [-0.2, -0.15) is 0 Å². The molecule has 0 radical (unpaired) electrons. The lowest BCUT2D eigenvalue weighted by molar-refractivity contribution is -0.113. The highest BCUT2D eigenvalue weighted by Gasteiger charge is 2.26. The number of carbonyl (C=O) groups is 3. The Kier molecular flexibility index (Phi) is 7.10. The molecule has 0 fully saturated rings. The maximum Gasteiger partial charge on any atom is 0.341 e. The molecule has 0 aliphatic carbocycles. The standard InChI is InChI=1S/C19H19FN6O4S2/c1-3-30-18(29)13-9(2)14(15(21)28)32-17(13)23-12(27)8-31-19-25-24-16(26(19)22)10-6-4-5-7-11(10)20/h4-7H,3,8,22H2,1-2H3,(H2,21,28)(H,23,27). The van der Waals surface area contributed by atoms with Crippen LogP contribution in [0.3, 0.4) is 0 Å². The molecule has 0 saturated carbocycles. The summed E-state index contributed by atoms with van der Waals surface area (Å²) in [6, 6.07) is 5.96. The van der Waals surface area contributed by atoms with Crippen LogP contribution in [0, 0.1) is 12.7 Å². The maximum absolute atomic E-state index is 14.0. The number of anilines is 1. The third-order valence-corrected chi connectivity index (χ3v) is 6.38. The van der Waals surface area contributed by atoms with Crippen molar-refractivity contribution < 1.29 is 23.5 Å². The fourth-order valence-corrected chi connectivity index (χ4v) is 4.50. The van der Waals surface area contributed by atoms with Crippen LogP contribution in [0.15, 0.2) is 29.4 Å². The first-order valence-electron chi connectivity index (χ1n) is 9.22. The van der Waals surface area contributed by atoms with Gasteiger partial charge < -0.3 is 21.6 Å². The molecule has 3 rings (SSSR count). The van der Waals surface area contributed by atoms with Crippen molar-refractivity contribution in [1.29, 1.82) is 0 Å². The fraction of sp³-hybridized carbons (Fsp3) is 0.211. The van der Waals surface area contributed by atoms with Crippen LogP contribution >= 0.6 is 23.1 Å². The van der Waals surface area contributed by atoms with E-state index in [-0.39, 0.29) is 44.3 Å². The second-order valence-corrected chi connectivity index (χ2v) is 8.30. The van der Waals surface area contributed by atoms with Crippen molar-refractivity contribution in [2.45, 2.75) is 19.0 Å². The Hall–Kier alpha value is -3.45. The largest absolute Gasteiger partial charge is 0.462 e. The van der Waals surface area contributed by atoms with Gasteiger partial charge in [0.15, 0.2) is 5.82 Å². The first kappa shape index (κ1) is 23.2. The molecule has 0 unspecified atom stereocenters. The van der Waals surface area contributed by atoms with Gasteiger partial charge in [0.25, 0.3) is 5.91 Å². The molecule has 2 aromatic heterocycles. The average Bonchev–Trinajstić information content (AvgIpc) is 3.26. The molecule has 1 aromatic carbocycles. The van der Waals surface area contributed by atoms with Gasteiger partial charge >= 0.3 is 5.97 Å². The van der Waals surface area contributed by atoms with Gasteiger partial charge in [-0.05, 0) is 31.5 Å². The summed E-state index contributed by atoms with van der Waals surface area (Å²) in [6.07, 6.45) is 0. The van der Waals surface area contributed by atoms with Gasteiger partial charge in [-0.25, -0.2) is 13.9 Å². The molecule has 0 spiro atoms. The molecule has 0 atom stereocenters. The van der Waals surface area contributed by atoms with E-state index >= 15 is 0 Å². The first-order valence-corrected chi connectivity index (χ1v) is 11.0.